The zero-order chi connectivity index (χ0) is 12.4. The molecule has 4 nitrogen and oxygen atoms in total. The van der Waals surface area contributed by atoms with Gasteiger partial charge in [0.25, 0.3) is 0 Å². The molecule has 1 aliphatic heterocycles. The minimum absolute atomic E-state index is 0.0221. The first-order chi connectivity index (χ1) is 8.84. The Bertz CT molecular complexity index is 416. The summed E-state index contributed by atoms with van der Waals surface area (Å²) < 4.78 is 0. The molecule has 3 rings (SSSR count). The lowest BCUT2D eigenvalue weighted by molar-refractivity contribution is -0.125. The number of hydrogen-bond donors (Lipinski definition) is 3. The van der Waals surface area contributed by atoms with E-state index in [0.29, 0.717) is 6.54 Å². The number of rotatable bonds is 4. The molecule has 2 unspecified atom stereocenters. The summed E-state index contributed by atoms with van der Waals surface area (Å²) in [5.74, 6) is 0.867. The molecule has 1 aliphatic carbocycles. The number of carbonyl (C=O) groups is 1. The Morgan fingerprint density at radius 3 is 2.78 bits per heavy atom. The summed E-state index contributed by atoms with van der Waals surface area (Å²) in [7, 11) is 0. The maximum atomic E-state index is 12.2. The van der Waals surface area contributed by atoms with Gasteiger partial charge in [-0.25, -0.2) is 5.43 Å². The molecule has 2 aliphatic rings. The highest BCUT2D eigenvalue weighted by Gasteiger charge is 2.34. The third kappa shape index (κ3) is 2.54. The largest absolute Gasteiger partial charge is 0.355 e. The molecule has 1 saturated carbocycles. The second kappa shape index (κ2) is 5.08. The van der Waals surface area contributed by atoms with Crippen LogP contribution in [0.3, 0.4) is 0 Å². The molecular weight excluding hydrogens is 226 g/mol. The number of benzene rings is 1. The predicted octanol–water partition coefficient (Wildman–Crippen LogP) is 0.978. The predicted molar refractivity (Wildman–Crippen MR) is 69.5 cm³/mol. The zero-order valence-corrected chi connectivity index (χ0v) is 10.4. The molecule has 1 aromatic carbocycles. The Morgan fingerprint density at radius 1 is 1.28 bits per heavy atom. The average Bonchev–Trinajstić information content (AvgIpc) is 3.11. The van der Waals surface area contributed by atoms with Crippen molar-refractivity contribution in [3.8, 4) is 0 Å². The quantitative estimate of drug-likeness (QED) is 0.741. The van der Waals surface area contributed by atoms with Crippen LogP contribution >= 0.6 is 0 Å². The van der Waals surface area contributed by atoms with Crippen molar-refractivity contribution in [2.75, 3.05) is 13.1 Å². The fourth-order valence-electron chi connectivity index (χ4n) is 2.42. The maximum absolute atomic E-state index is 12.2. The van der Waals surface area contributed by atoms with Crippen LogP contribution in [0.1, 0.15) is 24.4 Å². The Balaban J connectivity index is 1.64. The lowest BCUT2D eigenvalue weighted by Gasteiger charge is -2.18. The summed E-state index contributed by atoms with van der Waals surface area (Å²) in [6, 6.07) is 10.2. The lowest BCUT2D eigenvalue weighted by atomic mass is 9.94. The summed E-state index contributed by atoms with van der Waals surface area (Å²) in [4.78, 5) is 12.2. The van der Waals surface area contributed by atoms with E-state index in [-0.39, 0.29) is 17.9 Å². The van der Waals surface area contributed by atoms with E-state index in [0.717, 1.165) is 18.0 Å². The van der Waals surface area contributed by atoms with Crippen LogP contribution in [-0.4, -0.2) is 19.0 Å². The Morgan fingerprint density at radius 2 is 2.06 bits per heavy atom. The van der Waals surface area contributed by atoms with Crippen molar-refractivity contribution >= 4 is 5.91 Å². The van der Waals surface area contributed by atoms with Gasteiger partial charge in [-0.3, -0.25) is 10.2 Å². The van der Waals surface area contributed by atoms with Gasteiger partial charge in [0.2, 0.25) is 5.91 Å². The highest BCUT2D eigenvalue weighted by molar-refractivity contribution is 5.80. The monoisotopic (exact) mass is 245 g/mol. The van der Waals surface area contributed by atoms with Crippen molar-refractivity contribution < 1.29 is 4.79 Å². The minimum Gasteiger partial charge on any atom is -0.355 e. The van der Waals surface area contributed by atoms with Crippen LogP contribution in [0.4, 0.5) is 0 Å². The zero-order valence-electron chi connectivity index (χ0n) is 10.4. The molecule has 1 saturated heterocycles. The van der Waals surface area contributed by atoms with Crippen LogP contribution in [-0.2, 0) is 4.79 Å². The molecule has 18 heavy (non-hydrogen) atoms. The summed E-state index contributed by atoms with van der Waals surface area (Å²) in [6.07, 6.45) is 2.53. The van der Waals surface area contributed by atoms with Crippen molar-refractivity contribution in [1.29, 1.82) is 0 Å². The van der Waals surface area contributed by atoms with Crippen LogP contribution in [0.25, 0.3) is 0 Å². The lowest BCUT2D eigenvalue weighted by Crippen LogP contribution is -2.36. The Labute approximate surface area is 107 Å². The van der Waals surface area contributed by atoms with Gasteiger partial charge in [0.05, 0.1) is 12.0 Å². The Hall–Kier alpha value is -1.39. The summed E-state index contributed by atoms with van der Waals surface area (Å²) in [5, 5.41) is 3.07. The molecule has 1 amide bonds. The van der Waals surface area contributed by atoms with Crippen LogP contribution < -0.4 is 16.2 Å². The van der Waals surface area contributed by atoms with Crippen molar-refractivity contribution in [1.82, 2.24) is 16.2 Å². The molecule has 2 atom stereocenters. The van der Waals surface area contributed by atoms with Gasteiger partial charge in [0.1, 0.15) is 0 Å². The maximum Gasteiger partial charge on any atom is 0.226 e. The molecular formula is C14H19N3O. The fourth-order valence-corrected chi connectivity index (χ4v) is 2.42. The van der Waals surface area contributed by atoms with Crippen molar-refractivity contribution in [3.05, 3.63) is 35.9 Å². The first-order valence-corrected chi connectivity index (χ1v) is 6.65. The molecule has 0 aromatic heterocycles. The van der Waals surface area contributed by atoms with E-state index >= 15 is 0 Å². The SMILES string of the molecule is O=C(NCC1CC1)C1CNNC1c1ccccc1. The van der Waals surface area contributed by atoms with Gasteiger partial charge >= 0.3 is 0 Å². The average molecular weight is 245 g/mol. The van der Waals surface area contributed by atoms with Crippen molar-refractivity contribution in [3.63, 3.8) is 0 Å². The number of amides is 1. The topological polar surface area (TPSA) is 53.2 Å². The van der Waals surface area contributed by atoms with E-state index < -0.39 is 0 Å². The molecule has 0 spiro atoms. The Kier molecular flexibility index (Phi) is 3.30. The van der Waals surface area contributed by atoms with E-state index in [9.17, 15) is 4.79 Å². The standard InChI is InChI=1S/C14H19N3O/c18-14(15-8-10-6-7-10)12-9-16-17-13(12)11-4-2-1-3-5-11/h1-5,10,12-13,16-17H,6-9H2,(H,15,18). The van der Waals surface area contributed by atoms with E-state index in [4.69, 9.17) is 0 Å². The third-order valence-corrected chi connectivity index (χ3v) is 3.74. The van der Waals surface area contributed by atoms with Crippen LogP contribution in [0.5, 0.6) is 0 Å². The molecule has 0 radical (unpaired) electrons. The molecule has 3 N–H and O–H groups in total. The van der Waals surface area contributed by atoms with Crippen LogP contribution in [0.2, 0.25) is 0 Å². The van der Waals surface area contributed by atoms with E-state index in [1.807, 2.05) is 18.2 Å². The first-order valence-electron chi connectivity index (χ1n) is 6.65. The van der Waals surface area contributed by atoms with E-state index in [1.54, 1.807) is 0 Å². The van der Waals surface area contributed by atoms with Gasteiger partial charge < -0.3 is 5.32 Å². The molecule has 96 valence electrons. The van der Waals surface area contributed by atoms with Gasteiger partial charge in [0.15, 0.2) is 0 Å². The number of nitrogens with one attached hydrogen (secondary N) is 3. The number of carbonyl (C=O) groups excluding carboxylic acids is 1. The van der Waals surface area contributed by atoms with E-state index in [1.165, 1.54) is 12.8 Å². The summed E-state index contributed by atoms with van der Waals surface area (Å²) in [6.45, 7) is 1.53. The van der Waals surface area contributed by atoms with Gasteiger partial charge in [-0.05, 0) is 24.3 Å². The first kappa shape index (κ1) is 11.7. The smallest absolute Gasteiger partial charge is 0.226 e. The van der Waals surface area contributed by atoms with Crippen molar-refractivity contribution in [2.45, 2.75) is 18.9 Å². The van der Waals surface area contributed by atoms with Gasteiger partial charge in [-0.1, -0.05) is 30.3 Å². The number of hydrogen-bond acceptors (Lipinski definition) is 3. The molecule has 4 heteroatoms. The fraction of sp³-hybridized carbons (Fsp3) is 0.500. The van der Waals surface area contributed by atoms with Crippen LogP contribution in [0.15, 0.2) is 30.3 Å². The highest BCUT2D eigenvalue weighted by Crippen LogP contribution is 2.28. The molecule has 0 bridgehead atoms. The van der Waals surface area contributed by atoms with Gasteiger partial charge in [0, 0.05) is 13.1 Å². The second-order valence-electron chi connectivity index (χ2n) is 5.21. The van der Waals surface area contributed by atoms with Gasteiger partial charge in [-0.15, -0.1) is 0 Å². The number of hydrazine groups is 1. The van der Waals surface area contributed by atoms with Crippen molar-refractivity contribution in [2.24, 2.45) is 11.8 Å². The van der Waals surface area contributed by atoms with E-state index in [2.05, 4.69) is 28.3 Å². The molecule has 1 heterocycles. The third-order valence-electron chi connectivity index (χ3n) is 3.74. The summed E-state index contributed by atoms with van der Waals surface area (Å²) in [5.41, 5.74) is 7.45. The van der Waals surface area contributed by atoms with Gasteiger partial charge in [-0.2, -0.15) is 0 Å². The van der Waals surface area contributed by atoms with Crippen LogP contribution in [0, 0.1) is 11.8 Å². The minimum atomic E-state index is -0.0221. The second-order valence-corrected chi connectivity index (χ2v) is 5.21. The summed E-state index contributed by atoms with van der Waals surface area (Å²) >= 11 is 0. The molecule has 2 fully saturated rings. The molecule has 1 aromatic rings. The highest BCUT2D eigenvalue weighted by atomic mass is 16.2. The normalized spacial score (nSPS) is 27.1.